The maximum atomic E-state index is 11.8. The molecule has 1 heterocycles. The summed E-state index contributed by atoms with van der Waals surface area (Å²) >= 11 is 0. The van der Waals surface area contributed by atoms with Crippen LogP contribution in [0.25, 0.3) is 11.1 Å². The van der Waals surface area contributed by atoms with E-state index < -0.39 is 11.2 Å². The first-order valence-corrected chi connectivity index (χ1v) is 5.65. The van der Waals surface area contributed by atoms with Crippen LogP contribution in [0.2, 0.25) is 0 Å². The van der Waals surface area contributed by atoms with E-state index in [1.165, 1.54) is 0 Å². The fraction of sp³-hybridized carbons (Fsp3) is 0.231. The van der Waals surface area contributed by atoms with Gasteiger partial charge in [-0.2, -0.15) is 0 Å². The number of H-pyrrole nitrogens is 1. The number of hydrogen-bond acceptors (Lipinski definition) is 3. The Balaban J connectivity index is 2.81. The number of benzene rings is 1. The van der Waals surface area contributed by atoms with E-state index in [0.29, 0.717) is 5.56 Å². The fourth-order valence-corrected chi connectivity index (χ4v) is 1.88. The van der Waals surface area contributed by atoms with Crippen LogP contribution in [0.5, 0.6) is 5.88 Å². The highest BCUT2D eigenvalue weighted by molar-refractivity contribution is 5.67. The SMILES string of the molecule is CC(C)n1c(O)c(-c2ccccc2)c(=O)[nH]c1=O. The third-order valence-electron chi connectivity index (χ3n) is 2.70. The molecule has 0 atom stereocenters. The lowest BCUT2D eigenvalue weighted by Crippen LogP contribution is -2.31. The molecule has 0 aliphatic carbocycles. The average Bonchev–Trinajstić information content (AvgIpc) is 2.28. The molecule has 94 valence electrons. The second kappa shape index (κ2) is 4.52. The predicted octanol–water partition coefficient (Wildman–Crippen LogP) is 1.49. The molecule has 0 saturated heterocycles. The molecule has 0 bridgehead atoms. The molecular weight excluding hydrogens is 232 g/mol. The molecule has 2 rings (SSSR count). The Hall–Kier alpha value is -2.30. The summed E-state index contributed by atoms with van der Waals surface area (Å²) in [6, 6.07) is 8.52. The Morgan fingerprint density at radius 2 is 1.78 bits per heavy atom. The molecule has 1 aromatic carbocycles. The molecule has 0 unspecified atom stereocenters. The first-order chi connectivity index (χ1) is 8.52. The molecule has 0 aliphatic rings. The smallest absolute Gasteiger partial charge is 0.331 e. The molecule has 1 aromatic heterocycles. The predicted molar refractivity (Wildman–Crippen MR) is 68.8 cm³/mol. The maximum absolute atomic E-state index is 11.8. The number of nitrogens with zero attached hydrogens (tertiary/aromatic N) is 1. The lowest BCUT2D eigenvalue weighted by molar-refractivity contribution is 0.384. The van der Waals surface area contributed by atoms with Gasteiger partial charge in [-0.15, -0.1) is 0 Å². The van der Waals surface area contributed by atoms with Gasteiger partial charge in [-0.1, -0.05) is 30.3 Å². The van der Waals surface area contributed by atoms with Crippen molar-refractivity contribution in [3.63, 3.8) is 0 Å². The Labute approximate surface area is 103 Å². The Morgan fingerprint density at radius 1 is 1.17 bits per heavy atom. The van der Waals surface area contributed by atoms with Gasteiger partial charge in [0.05, 0.1) is 0 Å². The summed E-state index contributed by atoms with van der Waals surface area (Å²) in [6.45, 7) is 3.52. The van der Waals surface area contributed by atoms with Gasteiger partial charge in [0.25, 0.3) is 5.56 Å². The molecule has 0 amide bonds. The highest BCUT2D eigenvalue weighted by Crippen LogP contribution is 2.25. The van der Waals surface area contributed by atoms with Gasteiger partial charge in [0.2, 0.25) is 5.88 Å². The van der Waals surface area contributed by atoms with Crippen LogP contribution in [0.3, 0.4) is 0 Å². The van der Waals surface area contributed by atoms with Crippen LogP contribution in [0, 0.1) is 0 Å². The highest BCUT2D eigenvalue weighted by atomic mass is 16.3. The standard InChI is InChI=1S/C13H14N2O3/c1-8(2)15-12(17)10(11(16)14-13(15)18)9-6-4-3-5-7-9/h3-8,17H,1-2H3,(H,14,16,18). The van der Waals surface area contributed by atoms with Crippen molar-refractivity contribution in [2.45, 2.75) is 19.9 Å². The molecule has 0 spiro atoms. The van der Waals surface area contributed by atoms with Crippen LogP contribution in [0.4, 0.5) is 0 Å². The minimum atomic E-state index is -0.604. The highest BCUT2D eigenvalue weighted by Gasteiger charge is 2.17. The van der Waals surface area contributed by atoms with Gasteiger partial charge in [0.15, 0.2) is 0 Å². The van der Waals surface area contributed by atoms with Crippen molar-refractivity contribution >= 4 is 0 Å². The van der Waals surface area contributed by atoms with Crippen LogP contribution in [0.15, 0.2) is 39.9 Å². The minimum Gasteiger partial charge on any atom is -0.494 e. The Morgan fingerprint density at radius 3 is 2.33 bits per heavy atom. The second-order valence-corrected chi connectivity index (χ2v) is 4.29. The van der Waals surface area contributed by atoms with Gasteiger partial charge in [0, 0.05) is 6.04 Å². The lowest BCUT2D eigenvalue weighted by Gasteiger charge is -2.14. The molecule has 18 heavy (non-hydrogen) atoms. The van der Waals surface area contributed by atoms with Crippen molar-refractivity contribution < 1.29 is 5.11 Å². The fourth-order valence-electron chi connectivity index (χ4n) is 1.88. The third kappa shape index (κ3) is 1.95. The molecule has 2 aromatic rings. The van der Waals surface area contributed by atoms with Crippen molar-refractivity contribution in [3.8, 4) is 17.0 Å². The van der Waals surface area contributed by atoms with Crippen LogP contribution < -0.4 is 11.2 Å². The largest absolute Gasteiger partial charge is 0.494 e. The van der Waals surface area contributed by atoms with Crippen LogP contribution in [0.1, 0.15) is 19.9 Å². The molecule has 5 nitrogen and oxygen atoms in total. The molecule has 0 fully saturated rings. The quantitative estimate of drug-likeness (QED) is 0.843. The molecule has 0 aliphatic heterocycles. The number of nitrogens with one attached hydrogen (secondary N) is 1. The zero-order valence-corrected chi connectivity index (χ0v) is 10.2. The Bertz CT molecular complexity index is 669. The normalized spacial score (nSPS) is 10.8. The maximum Gasteiger partial charge on any atom is 0.331 e. The summed E-state index contributed by atoms with van der Waals surface area (Å²) < 4.78 is 1.16. The monoisotopic (exact) mass is 246 g/mol. The van der Waals surface area contributed by atoms with E-state index in [1.54, 1.807) is 38.1 Å². The van der Waals surface area contributed by atoms with Crippen molar-refractivity contribution in [2.24, 2.45) is 0 Å². The van der Waals surface area contributed by atoms with Crippen LogP contribution in [-0.2, 0) is 0 Å². The van der Waals surface area contributed by atoms with E-state index in [9.17, 15) is 14.7 Å². The number of aromatic hydroxyl groups is 1. The van der Waals surface area contributed by atoms with Gasteiger partial charge >= 0.3 is 5.69 Å². The zero-order valence-electron chi connectivity index (χ0n) is 10.2. The summed E-state index contributed by atoms with van der Waals surface area (Å²) in [5.41, 5.74) is -0.498. The summed E-state index contributed by atoms with van der Waals surface area (Å²) in [6.07, 6.45) is 0. The molecule has 0 saturated carbocycles. The van der Waals surface area contributed by atoms with Crippen LogP contribution in [-0.4, -0.2) is 14.7 Å². The first-order valence-electron chi connectivity index (χ1n) is 5.65. The van der Waals surface area contributed by atoms with E-state index in [0.717, 1.165) is 4.57 Å². The minimum absolute atomic E-state index is 0.115. The third-order valence-corrected chi connectivity index (χ3v) is 2.70. The summed E-state index contributed by atoms with van der Waals surface area (Å²) in [5.74, 6) is -0.301. The van der Waals surface area contributed by atoms with E-state index in [1.807, 2.05) is 6.07 Å². The van der Waals surface area contributed by atoms with Gasteiger partial charge in [0.1, 0.15) is 5.56 Å². The Kier molecular flexibility index (Phi) is 3.06. The van der Waals surface area contributed by atoms with Gasteiger partial charge < -0.3 is 5.11 Å². The van der Waals surface area contributed by atoms with Crippen molar-refractivity contribution in [1.29, 1.82) is 0 Å². The molecular formula is C13H14N2O3. The van der Waals surface area contributed by atoms with E-state index in [2.05, 4.69) is 4.98 Å². The average molecular weight is 246 g/mol. The molecule has 0 radical (unpaired) electrons. The number of rotatable bonds is 2. The van der Waals surface area contributed by atoms with Crippen molar-refractivity contribution in [1.82, 2.24) is 9.55 Å². The number of aromatic amines is 1. The lowest BCUT2D eigenvalue weighted by atomic mass is 10.1. The van der Waals surface area contributed by atoms with E-state index in [-0.39, 0.29) is 17.5 Å². The van der Waals surface area contributed by atoms with Gasteiger partial charge in [-0.25, -0.2) is 4.79 Å². The number of aromatic nitrogens is 2. The zero-order chi connectivity index (χ0) is 13.3. The summed E-state index contributed by atoms with van der Waals surface area (Å²) in [4.78, 5) is 25.7. The van der Waals surface area contributed by atoms with Crippen molar-refractivity contribution in [3.05, 3.63) is 51.2 Å². The second-order valence-electron chi connectivity index (χ2n) is 4.29. The number of hydrogen-bond donors (Lipinski definition) is 2. The molecule has 5 heteroatoms. The van der Waals surface area contributed by atoms with Gasteiger partial charge in [-0.3, -0.25) is 14.3 Å². The first kappa shape index (κ1) is 12.2. The summed E-state index contributed by atoms with van der Waals surface area (Å²) in [7, 11) is 0. The van der Waals surface area contributed by atoms with Crippen molar-refractivity contribution in [2.75, 3.05) is 0 Å². The summed E-state index contributed by atoms with van der Waals surface area (Å²) in [5, 5.41) is 10.1. The molecule has 2 N–H and O–H groups in total. The van der Waals surface area contributed by atoms with Gasteiger partial charge in [-0.05, 0) is 19.4 Å². The van der Waals surface area contributed by atoms with Crippen LogP contribution >= 0.6 is 0 Å². The topological polar surface area (TPSA) is 75.1 Å². The van der Waals surface area contributed by atoms with E-state index in [4.69, 9.17) is 0 Å². The van der Waals surface area contributed by atoms with E-state index >= 15 is 0 Å².